The van der Waals surface area contributed by atoms with Crippen molar-refractivity contribution in [1.29, 1.82) is 0 Å². The van der Waals surface area contributed by atoms with E-state index < -0.39 is 0 Å². The monoisotopic (exact) mass is 235 g/mol. The highest BCUT2D eigenvalue weighted by Crippen LogP contribution is 2.25. The third kappa shape index (κ3) is 2.30. The Labute approximate surface area is 98.3 Å². The SMILES string of the molecule is CCc1nsc(Oc2ccc(N)c(C)c2)n1. The van der Waals surface area contributed by atoms with Crippen molar-refractivity contribution in [2.45, 2.75) is 20.3 Å². The lowest BCUT2D eigenvalue weighted by Gasteiger charge is -2.04. The number of nitrogens with zero attached hydrogens (tertiary/aromatic N) is 2. The number of nitrogens with two attached hydrogens (primary N) is 1. The van der Waals surface area contributed by atoms with Crippen LogP contribution < -0.4 is 10.5 Å². The fraction of sp³-hybridized carbons (Fsp3) is 0.273. The highest BCUT2D eigenvalue weighted by Gasteiger charge is 2.05. The molecule has 0 fully saturated rings. The summed E-state index contributed by atoms with van der Waals surface area (Å²) < 4.78 is 9.74. The van der Waals surface area contributed by atoms with Gasteiger partial charge in [0.15, 0.2) is 0 Å². The minimum absolute atomic E-state index is 0.570. The van der Waals surface area contributed by atoms with E-state index in [0.717, 1.165) is 29.2 Å². The summed E-state index contributed by atoms with van der Waals surface area (Å²) in [4.78, 5) is 4.23. The fourth-order valence-electron chi connectivity index (χ4n) is 1.24. The van der Waals surface area contributed by atoms with E-state index in [1.165, 1.54) is 11.5 Å². The molecule has 1 aromatic carbocycles. The topological polar surface area (TPSA) is 61.0 Å². The van der Waals surface area contributed by atoms with Crippen molar-refractivity contribution in [3.8, 4) is 10.9 Å². The highest BCUT2D eigenvalue weighted by molar-refractivity contribution is 7.07. The molecule has 2 aromatic rings. The molecule has 0 aliphatic rings. The first-order valence-electron chi connectivity index (χ1n) is 5.05. The van der Waals surface area contributed by atoms with Gasteiger partial charge in [0.25, 0.3) is 5.19 Å². The Hall–Kier alpha value is -1.62. The van der Waals surface area contributed by atoms with Crippen LogP contribution in [0.25, 0.3) is 0 Å². The maximum absolute atomic E-state index is 5.73. The second-order valence-electron chi connectivity index (χ2n) is 3.45. The van der Waals surface area contributed by atoms with E-state index in [1.54, 1.807) is 0 Å². The molecule has 0 aliphatic heterocycles. The van der Waals surface area contributed by atoms with Gasteiger partial charge in [-0.05, 0) is 30.7 Å². The smallest absolute Gasteiger partial charge is 0.298 e. The summed E-state index contributed by atoms with van der Waals surface area (Å²) in [6.07, 6.45) is 0.820. The van der Waals surface area contributed by atoms with Crippen molar-refractivity contribution in [1.82, 2.24) is 9.36 Å². The number of hydrogen-bond acceptors (Lipinski definition) is 5. The van der Waals surface area contributed by atoms with Crippen LogP contribution in [0.3, 0.4) is 0 Å². The Kier molecular flexibility index (Phi) is 3.05. The molecule has 2 N–H and O–H groups in total. The van der Waals surface area contributed by atoms with Gasteiger partial charge in [-0.25, -0.2) is 0 Å². The summed E-state index contributed by atoms with van der Waals surface area (Å²) in [6.45, 7) is 3.96. The van der Waals surface area contributed by atoms with Gasteiger partial charge in [-0.15, -0.1) is 0 Å². The molecule has 1 aromatic heterocycles. The summed E-state index contributed by atoms with van der Waals surface area (Å²) in [6, 6.07) is 5.55. The summed E-state index contributed by atoms with van der Waals surface area (Å²) in [7, 11) is 0. The Morgan fingerprint density at radius 3 is 2.88 bits per heavy atom. The molecule has 0 atom stereocenters. The molecule has 0 radical (unpaired) electrons. The Balaban J connectivity index is 2.17. The molecule has 0 unspecified atom stereocenters. The molecular formula is C11H13N3OS. The minimum Gasteiger partial charge on any atom is -0.430 e. The molecule has 16 heavy (non-hydrogen) atoms. The van der Waals surface area contributed by atoms with Gasteiger partial charge in [-0.1, -0.05) is 6.92 Å². The van der Waals surface area contributed by atoms with Gasteiger partial charge in [0.2, 0.25) is 0 Å². The number of nitrogen functional groups attached to an aromatic ring is 1. The molecule has 1 heterocycles. The molecule has 4 nitrogen and oxygen atoms in total. The maximum Gasteiger partial charge on any atom is 0.298 e. The minimum atomic E-state index is 0.570. The van der Waals surface area contributed by atoms with Gasteiger partial charge in [0, 0.05) is 23.6 Å². The predicted octanol–water partition coefficient (Wildman–Crippen LogP) is 2.78. The Morgan fingerprint density at radius 2 is 2.25 bits per heavy atom. The standard InChI is InChI=1S/C11H13N3OS/c1-3-10-13-11(16-14-10)15-8-4-5-9(12)7(2)6-8/h4-6H,3,12H2,1-2H3. The Morgan fingerprint density at radius 1 is 1.44 bits per heavy atom. The predicted molar refractivity (Wildman–Crippen MR) is 65.0 cm³/mol. The van der Waals surface area contributed by atoms with Crippen molar-refractivity contribution in [2.75, 3.05) is 5.73 Å². The highest BCUT2D eigenvalue weighted by atomic mass is 32.1. The number of aromatic nitrogens is 2. The van der Waals surface area contributed by atoms with Crippen molar-refractivity contribution in [3.63, 3.8) is 0 Å². The van der Waals surface area contributed by atoms with Crippen LogP contribution in [-0.2, 0) is 6.42 Å². The second kappa shape index (κ2) is 4.49. The van der Waals surface area contributed by atoms with Gasteiger partial charge in [-0.3, -0.25) is 0 Å². The molecule has 0 saturated heterocycles. The average Bonchev–Trinajstić information content (AvgIpc) is 2.71. The second-order valence-corrected chi connectivity index (χ2v) is 4.16. The molecule has 0 spiro atoms. The number of aryl methyl sites for hydroxylation is 2. The van der Waals surface area contributed by atoms with Crippen molar-refractivity contribution in [3.05, 3.63) is 29.6 Å². The van der Waals surface area contributed by atoms with Crippen LogP contribution in [0.4, 0.5) is 5.69 Å². The van der Waals surface area contributed by atoms with Crippen LogP contribution in [0.1, 0.15) is 18.3 Å². The molecule has 2 rings (SSSR count). The Bertz CT molecular complexity index is 496. The van der Waals surface area contributed by atoms with Crippen molar-refractivity contribution < 1.29 is 4.74 Å². The summed E-state index contributed by atoms with van der Waals surface area (Å²) in [5.41, 5.74) is 7.49. The summed E-state index contributed by atoms with van der Waals surface area (Å²) in [5, 5.41) is 0.570. The molecule has 0 saturated carbocycles. The van der Waals surface area contributed by atoms with E-state index in [1.807, 2.05) is 32.0 Å². The number of anilines is 1. The fourth-order valence-corrected chi connectivity index (χ4v) is 1.87. The van der Waals surface area contributed by atoms with E-state index in [9.17, 15) is 0 Å². The largest absolute Gasteiger partial charge is 0.430 e. The van der Waals surface area contributed by atoms with Crippen LogP contribution >= 0.6 is 11.5 Å². The van der Waals surface area contributed by atoms with Crippen LogP contribution in [0.15, 0.2) is 18.2 Å². The lowest BCUT2D eigenvalue weighted by atomic mass is 10.2. The molecule has 0 aliphatic carbocycles. The van der Waals surface area contributed by atoms with Crippen LogP contribution in [-0.4, -0.2) is 9.36 Å². The van der Waals surface area contributed by atoms with Gasteiger partial charge >= 0.3 is 0 Å². The van der Waals surface area contributed by atoms with E-state index in [0.29, 0.717) is 5.19 Å². The normalized spacial score (nSPS) is 10.4. The van der Waals surface area contributed by atoms with Crippen LogP contribution in [0.5, 0.6) is 10.9 Å². The number of rotatable bonds is 3. The maximum atomic E-state index is 5.73. The zero-order valence-corrected chi connectivity index (χ0v) is 10.0. The number of hydrogen-bond donors (Lipinski definition) is 1. The lowest BCUT2D eigenvalue weighted by molar-refractivity contribution is 0.477. The van der Waals surface area contributed by atoms with Crippen molar-refractivity contribution >= 4 is 17.2 Å². The lowest BCUT2D eigenvalue weighted by Crippen LogP contribution is -1.90. The molecular weight excluding hydrogens is 222 g/mol. The van der Waals surface area contributed by atoms with Gasteiger partial charge < -0.3 is 10.5 Å². The van der Waals surface area contributed by atoms with E-state index >= 15 is 0 Å². The zero-order chi connectivity index (χ0) is 11.5. The van der Waals surface area contributed by atoms with Gasteiger partial charge in [0.05, 0.1) is 0 Å². The first-order chi connectivity index (χ1) is 7.69. The third-order valence-corrected chi connectivity index (χ3v) is 2.84. The summed E-state index contributed by atoms with van der Waals surface area (Å²) in [5.74, 6) is 1.55. The van der Waals surface area contributed by atoms with Crippen LogP contribution in [0.2, 0.25) is 0 Å². The van der Waals surface area contributed by atoms with Crippen LogP contribution in [0, 0.1) is 6.92 Å². The van der Waals surface area contributed by atoms with E-state index in [4.69, 9.17) is 10.5 Å². The van der Waals surface area contributed by atoms with E-state index in [-0.39, 0.29) is 0 Å². The van der Waals surface area contributed by atoms with Crippen molar-refractivity contribution in [2.24, 2.45) is 0 Å². The molecule has 84 valence electrons. The third-order valence-electron chi connectivity index (χ3n) is 2.21. The summed E-state index contributed by atoms with van der Waals surface area (Å²) >= 11 is 1.26. The number of ether oxygens (including phenoxy) is 1. The average molecular weight is 235 g/mol. The van der Waals surface area contributed by atoms with Gasteiger partial charge in [0.1, 0.15) is 11.6 Å². The molecule has 0 bridgehead atoms. The van der Waals surface area contributed by atoms with Gasteiger partial charge in [-0.2, -0.15) is 9.36 Å². The number of benzene rings is 1. The van der Waals surface area contributed by atoms with E-state index in [2.05, 4.69) is 9.36 Å². The quantitative estimate of drug-likeness (QED) is 0.831. The first-order valence-corrected chi connectivity index (χ1v) is 5.83. The molecule has 5 heteroatoms. The molecule has 0 amide bonds. The zero-order valence-electron chi connectivity index (χ0n) is 9.23. The first kappa shape index (κ1) is 10.9.